The lowest BCUT2D eigenvalue weighted by Crippen LogP contribution is -2.36. The van der Waals surface area contributed by atoms with E-state index in [2.05, 4.69) is 5.16 Å². The summed E-state index contributed by atoms with van der Waals surface area (Å²) in [6.45, 7) is 3.96. The van der Waals surface area contributed by atoms with Crippen molar-refractivity contribution in [2.24, 2.45) is 5.16 Å². The van der Waals surface area contributed by atoms with Crippen LogP contribution in [0.15, 0.2) is 47.6 Å². The van der Waals surface area contributed by atoms with Crippen LogP contribution in [0, 0.1) is 20.2 Å². The van der Waals surface area contributed by atoms with E-state index in [1.807, 2.05) is 4.90 Å². The topological polar surface area (TPSA) is 120 Å². The number of nitro groups is 2. The first kappa shape index (κ1) is 20.2. The second kappa shape index (κ2) is 9.11. The number of oxime groups is 1. The summed E-state index contributed by atoms with van der Waals surface area (Å²) in [6, 6.07) is 10.9. The number of hydrogen-bond donors (Lipinski definition) is 0. The van der Waals surface area contributed by atoms with Crippen LogP contribution in [0.1, 0.15) is 24.2 Å². The first-order valence-corrected chi connectivity index (χ1v) is 9.00. The summed E-state index contributed by atoms with van der Waals surface area (Å²) < 4.78 is 5.29. The highest BCUT2D eigenvalue weighted by Crippen LogP contribution is 2.29. The monoisotopic (exact) mass is 400 g/mol. The van der Waals surface area contributed by atoms with Gasteiger partial charge in [0.1, 0.15) is 11.8 Å². The number of morpholine rings is 1. The molecule has 1 saturated heterocycles. The molecule has 0 aromatic heterocycles. The average Bonchev–Trinajstić information content (AvgIpc) is 2.74. The molecule has 0 bridgehead atoms. The Hall–Kier alpha value is -3.53. The largest absolute Gasteiger partial charge is 0.388 e. The van der Waals surface area contributed by atoms with Crippen LogP contribution in [-0.2, 0) is 9.57 Å². The molecule has 10 heteroatoms. The molecule has 0 spiro atoms. The number of rotatable bonds is 7. The second-order valence-corrected chi connectivity index (χ2v) is 6.44. The van der Waals surface area contributed by atoms with Gasteiger partial charge >= 0.3 is 0 Å². The Morgan fingerprint density at radius 3 is 2.59 bits per heavy atom. The zero-order chi connectivity index (χ0) is 20.8. The fourth-order valence-electron chi connectivity index (χ4n) is 2.97. The molecule has 0 unspecified atom stereocenters. The predicted molar refractivity (Wildman–Crippen MR) is 106 cm³/mol. The van der Waals surface area contributed by atoms with Gasteiger partial charge in [-0.2, -0.15) is 0 Å². The molecule has 3 rings (SSSR count). The van der Waals surface area contributed by atoms with Crippen molar-refractivity contribution < 1.29 is 19.4 Å². The normalized spacial score (nSPS) is 15.3. The molecule has 2 aromatic rings. The molecule has 0 amide bonds. The standard InChI is InChI=1S/C19H20N4O6/c1-14(16-3-2-4-17(12-16)22(24)25)29-20-13-15-5-6-18(19(11-15)23(26)27)21-7-9-28-10-8-21/h2-6,11-14H,7-10H2,1H3/b20-13-/t14-/m1/s1. The molecule has 1 heterocycles. The van der Waals surface area contributed by atoms with E-state index in [1.54, 1.807) is 31.2 Å². The SMILES string of the molecule is C[C@@H](O/N=C\c1ccc(N2CCOCC2)c([N+](=O)[O-])c1)c1cccc([N+](=O)[O-])c1. The Bertz CT molecular complexity index is 927. The number of nitrogens with zero attached hydrogens (tertiary/aromatic N) is 4. The second-order valence-electron chi connectivity index (χ2n) is 6.44. The third kappa shape index (κ3) is 5.05. The van der Waals surface area contributed by atoms with Crippen LogP contribution in [0.5, 0.6) is 0 Å². The summed E-state index contributed by atoms with van der Waals surface area (Å²) in [5.74, 6) is 0. The lowest BCUT2D eigenvalue weighted by molar-refractivity contribution is -0.385. The van der Waals surface area contributed by atoms with Crippen LogP contribution in [0.4, 0.5) is 17.1 Å². The summed E-state index contributed by atoms with van der Waals surface area (Å²) in [4.78, 5) is 28.7. The molecule has 29 heavy (non-hydrogen) atoms. The van der Waals surface area contributed by atoms with Crippen molar-refractivity contribution in [1.82, 2.24) is 0 Å². The van der Waals surface area contributed by atoms with Gasteiger partial charge in [-0.1, -0.05) is 23.4 Å². The molecule has 1 aliphatic rings. The van der Waals surface area contributed by atoms with Crippen LogP contribution < -0.4 is 4.90 Å². The number of benzene rings is 2. The first-order chi connectivity index (χ1) is 14.0. The molecule has 1 atom stereocenters. The van der Waals surface area contributed by atoms with Crippen LogP contribution in [0.3, 0.4) is 0 Å². The highest BCUT2D eigenvalue weighted by Gasteiger charge is 2.21. The van der Waals surface area contributed by atoms with E-state index in [-0.39, 0.29) is 11.4 Å². The van der Waals surface area contributed by atoms with Crippen LogP contribution in [0.2, 0.25) is 0 Å². The van der Waals surface area contributed by atoms with Crippen LogP contribution in [-0.4, -0.2) is 42.4 Å². The zero-order valence-corrected chi connectivity index (χ0v) is 15.8. The van der Waals surface area contributed by atoms with Crippen molar-refractivity contribution in [2.75, 3.05) is 31.2 Å². The Balaban J connectivity index is 1.71. The van der Waals surface area contributed by atoms with Crippen LogP contribution >= 0.6 is 0 Å². The molecule has 0 aliphatic carbocycles. The third-order valence-corrected chi connectivity index (χ3v) is 4.52. The van der Waals surface area contributed by atoms with Gasteiger partial charge in [0.15, 0.2) is 0 Å². The van der Waals surface area contributed by atoms with Gasteiger partial charge in [0, 0.05) is 42.4 Å². The molecular weight excluding hydrogens is 380 g/mol. The van der Waals surface area contributed by atoms with E-state index >= 15 is 0 Å². The molecule has 0 saturated carbocycles. The number of hydrogen-bond acceptors (Lipinski definition) is 8. The summed E-state index contributed by atoms with van der Waals surface area (Å²) >= 11 is 0. The number of anilines is 1. The van der Waals surface area contributed by atoms with Crippen molar-refractivity contribution >= 4 is 23.3 Å². The lowest BCUT2D eigenvalue weighted by atomic mass is 10.1. The number of ether oxygens (including phenoxy) is 1. The third-order valence-electron chi connectivity index (χ3n) is 4.52. The van der Waals surface area contributed by atoms with Gasteiger partial charge in [0.25, 0.3) is 11.4 Å². The van der Waals surface area contributed by atoms with Gasteiger partial charge in [-0.3, -0.25) is 20.2 Å². The average molecular weight is 400 g/mol. The summed E-state index contributed by atoms with van der Waals surface area (Å²) in [7, 11) is 0. The first-order valence-electron chi connectivity index (χ1n) is 9.00. The van der Waals surface area contributed by atoms with Crippen molar-refractivity contribution in [2.45, 2.75) is 13.0 Å². The fourth-order valence-corrected chi connectivity index (χ4v) is 2.97. The summed E-state index contributed by atoms with van der Waals surface area (Å²) in [5, 5.41) is 26.2. The van der Waals surface area contributed by atoms with E-state index in [4.69, 9.17) is 9.57 Å². The highest BCUT2D eigenvalue weighted by molar-refractivity contribution is 5.83. The Labute approximate surface area is 166 Å². The van der Waals surface area contributed by atoms with Crippen molar-refractivity contribution in [3.8, 4) is 0 Å². The maximum absolute atomic E-state index is 11.5. The molecule has 0 N–H and O–H groups in total. The van der Waals surface area contributed by atoms with Gasteiger partial charge in [-0.25, -0.2) is 0 Å². The molecule has 152 valence electrons. The van der Waals surface area contributed by atoms with E-state index in [1.165, 1.54) is 24.4 Å². The summed E-state index contributed by atoms with van der Waals surface area (Å²) in [6.07, 6.45) is 0.859. The van der Waals surface area contributed by atoms with E-state index in [0.717, 1.165) is 0 Å². The Morgan fingerprint density at radius 1 is 1.14 bits per heavy atom. The molecular formula is C19H20N4O6. The van der Waals surface area contributed by atoms with Crippen molar-refractivity contribution in [3.63, 3.8) is 0 Å². The van der Waals surface area contributed by atoms with E-state index in [0.29, 0.717) is 43.1 Å². The smallest absolute Gasteiger partial charge is 0.293 e. The molecule has 1 aliphatic heterocycles. The quantitative estimate of drug-likeness (QED) is 0.396. The molecule has 2 aromatic carbocycles. The summed E-state index contributed by atoms with van der Waals surface area (Å²) in [5.41, 5.74) is 1.62. The predicted octanol–water partition coefficient (Wildman–Crippen LogP) is 3.45. The Morgan fingerprint density at radius 2 is 1.90 bits per heavy atom. The van der Waals surface area contributed by atoms with Crippen molar-refractivity contribution in [3.05, 3.63) is 73.8 Å². The van der Waals surface area contributed by atoms with Crippen molar-refractivity contribution in [1.29, 1.82) is 0 Å². The molecule has 0 radical (unpaired) electrons. The zero-order valence-electron chi connectivity index (χ0n) is 15.8. The fraction of sp³-hybridized carbons (Fsp3) is 0.316. The minimum Gasteiger partial charge on any atom is -0.388 e. The maximum atomic E-state index is 11.5. The van der Waals surface area contributed by atoms with Gasteiger partial charge in [0.05, 0.1) is 29.3 Å². The van der Waals surface area contributed by atoms with E-state index in [9.17, 15) is 20.2 Å². The molecule has 10 nitrogen and oxygen atoms in total. The highest BCUT2D eigenvalue weighted by atomic mass is 16.6. The maximum Gasteiger partial charge on any atom is 0.293 e. The number of non-ortho nitro benzene ring substituents is 1. The van der Waals surface area contributed by atoms with Gasteiger partial charge in [-0.15, -0.1) is 0 Å². The molecule has 1 fully saturated rings. The van der Waals surface area contributed by atoms with Gasteiger partial charge < -0.3 is 14.5 Å². The Kier molecular flexibility index (Phi) is 6.35. The van der Waals surface area contributed by atoms with E-state index < -0.39 is 16.0 Å². The lowest BCUT2D eigenvalue weighted by Gasteiger charge is -2.28. The number of nitro benzene ring substituents is 2. The minimum absolute atomic E-state index is 0.0115. The van der Waals surface area contributed by atoms with Gasteiger partial charge in [0.2, 0.25) is 0 Å². The van der Waals surface area contributed by atoms with Crippen LogP contribution in [0.25, 0.3) is 0 Å². The van der Waals surface area contributed by atoms with Gasteiger partial charge in [-0.05, 0) is 13.0 Å². The minimum atomic E-state index is -0.520.